The molecular formula is C12H20O5SSi. The molecule has 0 aliphatic carbocycles. The van der Waals surface area contributed by atoms with E-state index in [0.29, 0.717) is 17.4 Å². The van der Waals surface area contributed by atoms with Crippen LogP contribution in [0, 0.1) is 0 Å². The third-order valence-electron chi connectivity index (χ3n) is 2.93. The molecule has 19 heavy (non-hydrogen) atoms. The van der Waals surface area contributed by atoms with Gasteiger partial charge in [0.05, 0.1) is 10.6 Å². The fraction of sp³-hybridized carbons (Fsp3) is 0.500. The first-order chi connectivity index (χ1) is 8.99. The molecule has 1 aromatic carbocycles. The van der Waals surface area contributed by atoms with Gasteiger partial charge in [-0.3, -0.25) is 0 Å². The Bertz CT molecular complexity index is 462. The summed E-state index contributed by atoms with van der Waals surface area (Å²) in [6.45, 7) is 0. The van der Waals surface area contributed by atoms with Crippen LogP contribution in [0.25, 0.3) is 0 Å². The molecule has 0 N–H and O–H groups in total. The molecule has 0 saturated carbocycles. The Morgan fingerprint density at radius 3 is 2.00 bits per heavy atom. The highest BCUT2D eigenvalue weighted by Gasteiger charge is 2.37. The van der Waals surface area contributed by atoms with Gasteiger partial charge >= 0.3 is 8.80 Å². The molecule has 1 aromatic rings. The molecule has 0 heterocycles. The minimum absolute atomic E-state index is 0.0574. The van der Waals surface area contributed by atoms with E-state index >= 15 is 0 Å². The van der Waals surface area contributed by atoms with E-state index < -0.39 is 18.6 Å². The molecule has 0 radical (unpaired) electrons. The van der Waals surface area contributed by atoms with Crippen molar-refractivity contribution in [3.63, 3.8) is 0 Å². The summed E-state index contributed by atoms with van der Waals surface area (Å²) in [5.41, 5.74) is 0. The maximum atomic E-state index is 12.1. The zero-order valence-electron chi connectivity index (χ0n) is 11.5. The van der Waals surface area contributed by atoms with E-state index in [1.54, 1.807) is 30.3 Å². The van der Waals surface area contributed by atoms with Gasteiger partial charge in [0.25, 0.3) is 0 Å². The van der Waals surface area contributed by atoms with Crippen molar-refractivity contribution >= 4 is 18.6 Å². The lowest BCUT2D eigenvalue weighted by Gasteiger charge is -2.24. The smallest absolute Gasteiger partial charge is 0.377 e. The number of rotatable bonds is 8. The summed E-state index contributed by atoms with van der Waals surface area (Å²) < 4.78 is 39.9. The van der Waals surface area contributed by atoms with Crippen molar-refractivity contribution in [1.29, 1.82) is 0 Å². The van der Waals surface area contributed by atoms with Gasteiger partial charge in [-0.1, -0.05) is 18.2 Å². The van der Waals surface area contributed by atoms with Crippen LogP contribution in [0.5, 0.6) is 0 Å². The normalized spacial score (nSPS) is 12.6. The third-order valence-corrected chi connectivity index (χ3v) is 7.58. The largest absolute Gasteiger partial charge is 0.500 e. The number of hydrogen-bond donors (Lipinski definition) is 0. The van der Waals surface area contributed by atoms with E-state index in [1.807, 2.05) is 0 Å². The Labute approximate surface area is 115 Å². The fourth-order valence-electron chi connectivity index (χ4n) is 1.78. The van der Waals surface area contributed by atoms with Crippen LogP contribution < -0.4 is 0 Å². The Balaban J connectivity index is 2.62. The molecular weight excluding hydrogens is 284 g/mol. The van der Waals surface area contributed by atoms with Crippen molar-refractivity contribution < 1.29 is 21.7 Å². The van der Waals surface area contributed by atoms with E-state index in [-0.39, 0.29) is 5.75 Å². The van der Waals surface area contributed by atoms with Crippen LogP contribution in [0.1, 0.15) is 6.42 Å². The number of benzene rings is 1. The first kappa shape index (κ1) is 16.3. The molecule has 5 nitrogen and oxygen atoms in total. The molecule has 0 aliphatic heterocycles. The van der Waals surface area contributed by atoms with Crippen LogP contribution >= 0.6 is 0 Å². The van der Waals surface area contributed by atoms with Gasteiger partial charge in [0, 0.05) is 27.4 Å². The van der Waals surface area contributed by atoms with Gasteiger partial charge in [-0.05, 0) is 18.6 Å². The summed E-state index contributed by atoms with van der Waals surface area (Å²) in [7, 11) is -1.38. The van der Waals surface area contributed by atoms with Crippen LogP contribution in [0.3, 0.4) is 0 Å². The zero-order chi connectivity index (χ0) is 14.4. The molecule has 0 fully saturated rings. The molecule has 0 unspecified atom stereocenters. The number of sulfone groups is 1. The summed E-state index contributed by atoms with van der Waals surface area (Å²) >= 11 is 0. The maximum Gasteiger partial charge on any atom is 0.500 e. The van der Waals surface area contributed by atoms with Gasteiger partial charge in [-0.25, -0.2) is 8.42 Å². The third kappa shape index (κ3) is 4.39. The summed E-state index contributed by atoms with van der Waals surface area (Å²) in [6.07, 6.45) is 0.443. The quantitative estimate of drug-likeness (QED) is 0.684. The zero-order valence-corrected chi connectivity index (χ0v) is 13.3. The monoisotopic (exact) mass is 304 g/mol. The SMILES string of the molecule is CO[Si](CCCS(=O)(=O)c1ccccc1)(OC)OC. The maximum absolute atomic E-state index is 12.1. The minimum atomic E-state index is -3.25. The molecule has 0 amide bonds. The summed E-state index contributed by atoms with van der Waals surface area (Å²) in [5, 5.41) is 0. The fourth-order valence-corrected chi connectivity index (χ4v) is 5.09. The molecule has 0 saturated heterocycles. The molecule has 108 valence electrons. The lowest BCUT2D eigenvalue weighted by atomic mass is 10.4. The summed E-state index contributed by atoms with van der Waals surface area (Å²) in [4.78, 5) is 0.342. The van der Waals surface area contributed by atoms with E-state index in [1.165, 1.54) is 21.3 Å². The average molecular weight is 304 g/mol. The molecule has 0 atom stereocenters. The van der Waals surface area contributed by atoms with E-state index in [9.17, 15) is 8.42 Å². The molecule has 1 rings (SSSR count). The number of hydrogen-bond acceptors (Lipinski definition) is 5. The summed E-state index contributed by atoms with van der Waals surface area (Å²) in [6, 6.07) is 8.89. The Morgan fingerprint density at radius 1 is 1.00 bits per heavy atom. The van der Waals surface area contributed by atoms with Gasteiger partial charge in [-0.2, -0.15) is 0 Å². The van der Waals surface area contributed by atoms with Crippen LogP contribution in [-0.2, 0) is 23.1 Å². The average Bonchev–Trinajstić information content (AvgIpc) is 2.45. The Kier molecular flexibility index (Phi) is 6.15. The highest BCUT2D eigenvalue weighted by molar-refractivity contribution is 7.91. The van der Waals surface area contributed by atoms with Crippen molar-refractivity contribution in [3.05, 3.63) is 30.3 Å². The van der Waals surface area contributed by atoms with E-state index in [0.717, 1.165) is 0 Å². The van der Waals surface area contributed by atoms with Gasteiger partial charge in [0.1, 0.15) is 0 Å². The van der Waals surface area contributed by atoms with Gasteiger partial charge in [-0.15, -0.1) is 0 Å². The van der Waals surface area contributed by atoms with Crippen molar-refractivity contribution in [2.45, 2.75) is 17.4 Å². The van der Waals surface area contributed by atoms with Crippen LogP contribution in [0.4, 0.5) is 0 Å². The van der Waals surface area contributed by atoms with E-state index in [4.69, 9.17) is 13.3 Å². The standard InChI is InChI=1S/C12H20O5SSi/c1-15-19(16-2,17-3)11-7-10-18(13,14)12-8-5-4-6-9-12/h4-6,8-9H,7,10-11H2,1-3H3. The topological polar surface area (TPSA) is 61.8 Å². The molecule has 0 bridgehead atoms. The second-order valence-electron chi connectivity index (χ2n) is 4.03. The molecule has 0 aliphatic rings. The summed E-state index contributed by atoms with van der Waals surface area (Å²) in [5.74, 6) is 0.0574. The first-order valence-corrected chi connectivity index (χ1v) is 9.51. The molecule has 0 aromatic heterocycles. The van der Waals surface area contributed by atoms with Gasteiger partial charge in [0.2, 0.25) is 0 Å². The second kappa shape index (κ2) is 7.16. The van der Waals surface area contributed by atoms with Crippen molar-refractivity contribution in [2.75, 3.05) is 27.1 Å². The van der Waals surface area contributed by atoms with Gasteiger partial charge in [0.15, 0.2) is 9.84 Å². The predicted molar refractivity (Wildman–Crippen MR) is 74.7 cm³/mol. The van der Waals surface area contributed by atoms with Crippen LogP contribution in [0.15, 0.2) is 35.2 Å². The Morgan fingerprint density at radius 2 is 1.53 bits per heavy atom. The molecule has 0 spiro atoms. The van der Waals surface area contributed by atoms with Crippen molar-refractivity contribution in [1.82, 2.24) is 0 Å². The van der Waals surface area contributed by atoms with Crippen molar-refractivity contribution in [2.24, 2.45) is 0 Å². The minimum Gasteiger partial charge on any atom is -0.377 e. The predicted octanol–water partition coefficient (Wildman–Crippen LogP) is 1.73. The van der Waals surface area contributed by atoms with Gasteiger partial charge < -0.3 is 13.3 Å². The lowest BCUT2D eigenvalue weighted by molar-refractivity contribution is 0.123. The Hall–Kier alpha value is -0.733. The highest BCUT2D eigenvalue weighted by atomic mass is 32.2. The van der Waals surface area contributed by atoms with Crippen molar-refractivity contribution in [3.8, 4) is 0 Å². The first-order valence-electron chi connectivity index (χ1n) is 5.93. The second-order valence-corrected chi connectivity index (χ2v) is 9.23. The van der Waals surface area contributed by atoms with E-state index in [2.05, 4.69) is 0 Å². The highest BCUT2D eigenvalue weighted by Crippen LogP contribution is 2.18. The lowest BCUT2D eigenvalue weighted by Crippen LogP contribution is -2.42. The van der Waals surface area contributed by atoms with Crippen LogP contribution in [0.2, 0.25) is 6.04 Å². The molecule has 7 heteroatoms. The van der Waals surface area contributed by atoms with Crippen LogP contribution in [-0.4, -0.2) is 44.3 Å².